The maximum atomic E-state index is 3.66. The van der Waals surface area contributed by atoms with Gasteiger partial charge in [-0.2, -0.15) is 0 Å². The van der Waals surface area contributed by atoms with Gasteiger partial charge >= 0.3 is 0 Å². The van der Waals surface area contributed by atoms with Gasteiger partial charge in [0, 0.05) is 12.5 Å². The van der Waals surface area contributed by atoms with Gasteiger partial charge in [0.1, 0.15) is 0 Å². The minimum atomic E-state index is 0.483. The number of benzene rings is 2. The molecule has 0 bridgehead atoms. The van der Waals surface area contributed by atoms with E-state index in [-0.39, 0.29) is 0 Å². The first-order valence-electron chi connectivity index (χ1n) is 9.46. The predicted molar refractivity (Wildman–Crippen MR) is 102 cm³/mol. The van der Waals surface area contributed by atoms with E-state index in [1.54, 1.807) is 0 Å². The Kier molecular flexibility index (Phi) is 6.45. The van der Waals surface area contributed by atoms with Gasteiger partial charge in [0.2, 0.25) is 0 Å². The second-order valence-electron chi connectivity index (χ2n) is 6.77. The number of hydrogen-bond donors (Lipinski definition) is 1. The molecule has 2 nitrogen and oxygen atoms in total. The van der Waals surface area contributed by atoms with Crippen LogP contribution in [0.5, 0.6) is 0 Å². The normalized spacial score (nSPS) is 18.8. The molecule has 0 aromatic heterocycles. The zero-order valence-corrected chi connectivity index (χ0v) is 14.8. The average Bonchev–Trinajstić information content (AvgIpc) is 2.65. The third-order valence-electron chi connectivity index (χ3n) is 5.16. The molecular weight excluding hydrogens is 292 g/mol. The first-order valence-corrected chi connectivity index (χ1v) is 9.46. The number of nitrogens with zero attached hydrogens (tertiary/aromatic N) is 1. The van der Waals surface area contributed by atoms with Gasteiger partial charge in [-0.15, -0.1) is 0 Å². The lowest BCUT2D eigenvalue weighted by atomic mass is 9.88. The van der Waals surface area contributed by atoms with Crippen LogP contribution in [-0.2, 0) is 0 Å². The van der Waals surface area contributed by atoms with E-state index in [4.69, 9.17) is 0 Å². The van der Waals surface area contributed by atoms with E-state index in [2.05, 4.69) is 77.8 Å². The minimum Gasteiger partial charge on any atom is -0.302 e. The molecule has 1 unspecified atom stereocenters. The zero-order valence-electron chi connectivity index (χ0n) is 14.8. The minimum absolute atomic E-state index is 0.483. The smallest absolute Gasteiger partial charge is 0.0596 e. The molecule has 1 aliphatic rings. The molecule has 1 heterocycles. The van der Waals surface area contributed by atoms with Crippen LogP contribution in [0.2, 0.25) is 0 Å². The Morgan fingerprint density at radius 2 is 1.58 bits per heavy atom. The third-order valence-corrected chi connectivity index (χ3v) is 5.16. The standard InChI is InChI=1S/C22H30N2/c1-2-23-22-15-9-10-17-24(22)18-16-21(19-11-5-3-6-12-19)20-13-7-4-8-14-20/h3-8,11-14,21-23H,2,9-10,15-18H2,1H3. The van der Waals surface area contributed by atoms with Crippen molar-refractivity contribution in [1.29, 1.82) is 0 Å². The van der Waals surface area contributed by atoms with Gasteiger partial charge in [-0.3, -0.25) is 4.90 Å². The Morgan fingerprint density at radius 3 is 2.17 bits per heavy atom. The van der Waals surface area contributed by atoms with Crippen molar-refractivity contribution >= 4 is 0 Å². The summed E-state index contributed by atoms with van der Waals surface area (Å²) in [4.78, 5) is 2.66. The van der Waals surface area contributed by atoms with Crippen molar-refractivity contribution in [2.45, 2.75) is 44.7 Å². The molecule has 0 aliphatic carbocycles. The highest BCUT2D eigenvalue weighted by molar-refractivity contribution is 5.32. The topological polar surface area (TPSA) is 15.3 Å². The average molecular weight is 322 g/mol. The fourth-order valence-electron chi connectivity index (χ4n) is 3.92. The second-order valence-corrected chi connectivity index (χ2v) is 6.77. The molecule has 1 N–H and O–H groups in total. The van der Waals surface area contributed by atoms with Gasteiger partial charge in [0.05, 0.1) is 6.17 Å². The molecular formula is C22H30N2. The molecule has 1 aliphatic heterocycles. The summed E-state index contributed by atoms with van der Waals surface area (Å²) in [6, 6.07) is 22.0. The summed E-state index contributed by atoms with van der Waals surface area (Å²) in [6.07, 6.45) is 5.72. The van der Waals surface area contributed by atoms with Gasteiger partial charge in [0.25, 0.3) is 0 Å². The molecule has 2 heteroatoms. The van der Waals surface area contributed by atoms with Crippen molar-refractivity contribution in [2.24, 2.45) is 0 Å². The Morgan fingerprint density at radius 1 is 0.958 bits per heavy atom. The van der Waals surface area contributed by atoms with Crippen molar-refractivity contribution in [1.82, 2.24) is 10.2 Å². The Labute approximate surface area is 146 Å². The number of rotatable bonds is 7. The van der Waals surface area contributed by atoms with E-state index < -0.39 is 0 Å². The van der Waals surface area contributed by atoms with Crippen LogP contribution in [0, 0.1) is 0 Å². The summed E-state index contributed by atoms with van der Waals surface area (Å²) >= 11 is 0. The van der Waals surface area contributed by atoms with Crippen molar-refractivity contribution in [3.8, 4) is 0 Å². The van der Waals surface area contributed by atoms with Crippen LogP contribution in [0.15, 0.2) is 60.7 Å². The lowest BCUT2D eigenvalue weighted by Gasteiger charge is -2.37. The monoisotopic (exact) mass is 322 g/mol. The molecule has 2 aromatic rings. The van der Waals surface area contributed by atoms with Gasteiger partial charge in [-0.1, -0.05) is 67.6 Å². The highest BCUT2D eigenvalue weighted by Crippen LogP contribution is 2.29. The van der Waals surface area contributed by atoms with E-state index in [1.165, 1.54) is 43.4 Å². The Bertz CT molecular complexity index is 540. The number of likely N-dealkylation sites (tertiary alicyclic amines) is 1. The van der Waals surface area contributed by atoms with Gasteiger partial charge < -0.3 is 5.32 Å². The quantitative estimate of drug-likeness (QED) is 0.799. The lowest BCUT2D eigenvalue weighted by Crippen LogP contribution is -2.49. The predicted octanol–water partition coefficient (Wildman–Crippen LogP) is 4.63. The summed E-state index contributed by atoms with van der Waals surface area (Å²) in [5.74, 6) is 0.483. The molecule has 0 radical (unpaired) electrons. The maximum Gasteiger partial charge on any atom is 0.0596 e. The molecule has 3 rings (SSSR count). The van der Waals surface area contributed by atoms with Crippen LogP contribution in [0.25, 0.3) is 0 Å². The summed E-state index contributed by atoms with van der Waals surface area (Å²) in [7, 11) is 0. The summed E-state index contributed by atoms with van der Waals surface area (Å²) < 4.78 is 0. The fraction of sp³-hybridized carbons (Fsp3) is 0.455. The third kappa shape index (κ3) is 4.46. The van der Waals surface area contributed by atoms with Crippen LogP contribution < -0.4 is 5.32 Å². The van der Waals surface area contributed by atoms with E-state index in [9.17, 15) is 0 Å². The summed E-state index contributed by atoms with van der Waals surface area (Å²) in [6.45, 7) is 5.66. The molecule has 1 fully saturated rings. The molecule has 0 saturated carbocycles. The van der Waals surface area contributed by atoms with E-state index >= 15 is 0 Å². The molecule has 1 atom stereocenters. The molecule has 24 heavy (non-hydrogen) atoms. The van der Waals surface area contributed by atoms with Crippen LogP contribution in [0.1, 0.15) is 49.7 Å². The van der Waals surface area contributed by atoms with Crippen molar-refractivity contribution in [3.05, 3.63) is 71.8 Å². The lowest BCUT2D eigenvalue weighted by molar-refractivity contribution is 0.119. The number of nitrogens with one attached hydrogen (secondary N) is 1. The Balaban J connectivity index is 1.72. The van der Waals surface area contributed by atoms with Crippen LogP contribution >= 0.6 is 0 Å². The summed E-state index contributed by atoms with van der Waals surface area (Å²) in [5.41, 5.74) is 2.86. The van der Waals surface area contributed by atoms with Crippen molar-refractivity contribution in [3.63, 3.8) is 0 Å². The summed E-state index contributed by atoms with van der Waals surface area (Å²) in [5, 5.41) is 3.66. The van der Waals surface area contributed by atoms with E-state index in [0.29, 0.717) is 12.1 Å². The van der Waals surface area contributed by atoms with Crippen molar-refractivity contribution < 1.29 is 0 Å². The molecule has 128 valence electrons. The largest absolute Gasteiger partial charge is 0.302 e. The van der Waals surface area contributed by atoms with Crippen LogP contribution in [0.3, 0.4) is 0 Å². The number of piperidine rings is 1. The van der Waals surface area contributed by atoms with Gasteiger partial charge in [0.15, 0.2) is 0 Å². The van der Waals surface area contributed by atoms with Crippen molar-refractivity contribution in [2.75, 3.05) is 19.6 Å². The van der Waals surface area contributed by atoms with E-state index in [1.807, 2.05) is 0 Å². The molecule has 0 amide bonds. The maximum absolute atomic E-state index is 3.66. The first-order chi connectivity index (χ1) is 11.9. The second kappa shape index (κ2) is 9.00. The molecule has 2 aromatic carbocycles. The van der Waals surface area contributed by atoms with Crippen LogP contribution in [-0.4, -0.2) is 30.7 Å². The zero-order chi connectivity index (χ0) is 16.6. The SMILES string of the molecule is CCNC1CCCCN1CCC(c1ccccc1)c1ccccc1. The van der Waals surface area contributed by atoms with Crippen LogP contribution in [0.4, 0.5) is 0 Å². The van der Waals surface area contributed by atoms with Gasteiger partial charge in [-0.25, -0.2) is 0 Å². The molecule has 0 spiro atoms. The highest BCUT2D eigenvalue weighted by Gasteiger charge is 2.23. The van der Waals surface area contributed by atoms with E-state index in [0.717, 1.165) is 13.1 Å². The number of hydrogen-bond acceptors (Lipinski definition) is 2. The highest BCUT2D eigenvalue weighted by atomic mass is 15.3. The fourth-order valence-corrected chi connectivity index (χ4v) is 3.92. The Hall–Kier alpha value is -1.64. The molecule has 1 saturated heterocycles. The first kappa shape index (κ1) is 17.2. The van der Waals surface area contributed by atoms with Gasteiger partial charge in [-0.05, 0) is 49.9 Å².